The van der Waals surface area contributed by atoms with Crippen molar-refractivity contribution in [1.82, 2.24) is 14.8 Å². The van der Waals surface area contributed by atoms with Gasteiger partial charge in [-0.2, -0.15) is 5.10 Å². The number of aromatic amines is 1. The number of carboxylic acid groups (broad SMARTS) is 1. The van der Waals surface area contributed by atoms with Gasteiger partial charge < -0.3 is 19.6 Å². The van der Waals surface area contributed by atoms with Crippen molar-refractivity contribution in [3.8, 4) is 11.1 Å². The summed E-state index contributed by atoms with van der Waals surface area (Å²) in [6, 6.07) is 4.05. The van der Waals surface area contributed by atoms with Gasteiger partial charge in [-0.15, -0.1) is 0 Å². The van der Waals surface area contributed by atoms with E-state index in [1.54, 1.807) is 4.68 Å². The van der Waals surface area contributed by atoms with Crippen LogP contribution in [-0.2, 0) is 24.5 Å². The molecule has 8 heteroatoms. The Bertz CT molecular complexity index is 1230. The van der Waals surface area contributed by atoms with Crippen LogP contribution in [0.4, 0.5) is 0 Å². The second kappa shape index (κ2) is 9.91. The van der Waals surface area contributed by atoms with E-state index in [2.05, 4.69) is 50.9 Å². The number of carbonyl (C=O) groups is 1. The zero-order chi connectivity index (χ0) is 26.3. The summed E-state index contributed by atoms with van der Waals surface area (Å²) in [5.74, 6) is -0.978. The predicted octanol–water partition coefficient (Wildman–Crippen LogP) is 6.15. The summed E-state index contributed by atoms with van der Waals surface area (Å²) in [6.45, 7) is 17.7. The van der Waals surface area contributed by atoms with E-state index in [0.29, 0.717) is 13.0 Å². The van der Waals surface area contributed by atoms with Gasteiger partial charge >= 0.3 is 5.97 Å². The molecule has 3 N–H and O–H groups in total. The van der Waals surface area contributed by atoms with Crippen molar-refractivity contribution in [2.24, 2.45) is 7.05 Å². The highest BCUT2D eigenvalue weighted by Crippen LogP contribution is 2.41. The average Bonchev–Trinajstić information content (AvgIpc) is 3.30. The van der Waals surface area contributed by atoms with Crippen molar-refractivity contribution >= 4 is 25.2 Å². The minimum Gasteiger partial charge on any atom is -0.477 e. The number of hydrogen-bond donors (Lipinski definition) is 3. The smallest absolute Gasteiger partial charge is 0.352 e. The Morgan fingerprint density at radius 1 is 1.26 bits per heavy atom. The number of aryl methyl sites for hydroxylation is 3. The number of hydrogen-bond acceptors (Lipinski definition) is 4. The lowest BCUT2D eigenvalue weighted by Crippen LogP contribution is -2.41. The maximum atomic E-state index is 12.3. The lowest BCUT2D eigenvalue weighted by Gasteiger charge is -2.36. The quantitative estimate of drug-likeness (QED) is 0.307. The molecule has 0 spiro atoms. The topological polar surface area (TPSA) is 100 Å². The van der Waals surface area contributed by atoms with Gasteiger partial charge in [-0.3, -0.25) is 4.68 Å². The fourth-order valence-electron chi connectivity index (χ4n) is 4.58. The third-order valence-electron chi connectivity index (χ3n) is 7.72. The van der Waals surface area contributed by atoms with Gasteiger partial charge in [-0.25, -0.2) is 4.79 Å². The van der Waals surface area contributed by atoms with Gasteiger partial charge in [-0.05, 0) is 54.9 Å². The second-order valence-corrected chi connectivity index (χ2v) is 15.9. The minimum absolute atomic E-state index is 0.00738. The third-order valence-corrected chi connectivity index (χ3v) is 12.3. The monoisotopic (exact) mass is 499 g/mol. The van der Waals surface area contributed by atoms with Gasteiger partial charge in [-0.1, -0.05) is 46.8 Å². The van der Waals surface area contributed by atoms with Crippen molar-refractivity contribution in [1.29, 1.82) is 0 Å². The van der Waals surface area contributed by atoms with Crippen molar-refractivity contribution in [2.75, 3.05) is 6.61 Å². The van der Waals surface area contributed by atoms with E-state index in [1.165, 1.54) is 0 Å². The number of aliphatic hydroxyl groups is 1. The molecule has 2 aromatic heterocycles. The van der Waals surface area contributed by atoms with Crippen LogP contribution in [-0.4, -0.2) is 45.9 Å². The van der Waals surface area contributed by atoms with Crippen LogP contribution in [0.1, 0.15) is 80.0 Å². The summed E-state index contributed by atoms with van der Waals surface area (Å²) in [6.07, 6.45) is 1.44. The lowest BCUT2D eigenvalue weighted by molar-refractivity contribution is 0.0689. The van der Waals surface area contributed by atoms with Crippen LogP contribution in [0.2, 0.25) is 18.1 Å². The van der Waals surface area contributed by atoms with Crippen molar-refractivity contribution < 1.29 is 19.4 Å². The number of benzene rings is 1. The first-order valence-corrected chi connectivity index (χ1v) is 15.3. The molecule has 1 aromatic carbocycles. The first-order valence-electron chi connectivity index (χ1n) is 12.4. The van der Waals surface area contributed by atoms with E-state index in [1.807, 2.05) is 33.0 Å². The van der Waals surface area contributed by atoms with Crippen molar-refractivity contribution in [2.45, 2.75) is 85.0 Å². The van der Waals surface area contributed by atoms with Gasteiger partial charge in [0.05, 0.1) is 23.5 Å². The van der Waals surface area contributed by atoms with Crippen molar-refractivity contribution in [3.63, 3.8) is 0 Å². The summed E-state index contributed by atoms with van der Waals surface area (Å²) < 4.78 is 8.11. The third kappa shape index (κ3) is 4.97. The number of fused-ring (bicyclic) bond motifs is 1. The number of nitrogens with one attached hydrogen (secondary N) is 1. The fraction of sp³-hybridized carbons (Fsp3) is 0.556. The normalized spacial score (nSPS) is 13.5. The molecule has 0 saturated carbocycles. The Balaban J connectivity index is 2.12. The number of nitrogens with zero attached hydrogens (tertiary/aromatic N) is 2. The number of H-pyrrole nitrogens is 1. The molecule has 1 unspecified atom stereocenters. The number of aromatic carboxylic acids is 1. The molecule has 0 bridgehead atoms. The van der Waals surface area contributed by atoms with E-state index < -0.39 is 14.3 Å². The standard InChI is InChI=1S/C27H41N3O4Si/c1-10-19-23(20(15-31)30(7)29-19)22-16(2)11-12-18-21(25(26(32)33)28-24(18)22)17(3)13-14-34-35(8,9)27(4,5)6/h11-12,17,28,31H,10,13-15H2,1-9H3,(H,32,33). The van der Waals surface area contributed by atoms with Crippen LogP contribution in [0.25, 0.3) is 22.0 Å². The summed E-state index contributed by atoms with van der Waals surface area (Å²) in [7, 11) is -0.0517. The van der Waals surface area contributed by atoms with Crippen LogP contribution in [0.5, 0.6) is 0 Å². The molecule has 0 fully saturated rings. The highest BCUT2D eigenvalue weighted by molar-refractivity contribution is 6.74. The van der Waals surface area contributed by atoms with Crippen LogP contribution < -0.4 is 0 Å². The Morgan fingerprint density at radius 2 is 1.91 bits per heavy atom. The maximum Gasteiger partial charge on any atom is 0.352 e. The molecule has 3 rings (SSSR count). The minimum atomic E-state index is -1.88. The van der Waals surface area contributed by atoms with E-state index in [-0.39, 0.29) is 23.3 Å². The van der Waals surface area contributed by atoms with E-state index in [9.17, 15) is 15.0 Å². The molecule has 3 aromatic rings. The lowest BCUT2D eigenvalue weighted by atomic mass is 9.91. The molecule has 0 saturated heterocycles. The second-order valence-electron chi connectivity index (χ2n) is 11.1. The summed E-state index contributed by atoms with van der Waals surface area (Å²) in [5.41, 5.74) is 6.23. The zero-order valence-corrected chi connectivity index (χ0v) is 23.7. The summed E-state index contributed by atoms with van der Waals surface area (Å²) in [5, 5.41) is 25.9. The Kier molecular flexibility index (Phi) is 7.69. The largest absolute Gasteiger partial charge is 0.477 e. The molecule has 0 radical (unpaired) electrons. The van der Waals surface area contributed by atoms with Crippen LogP contribution in [0.15, 0.2) is 12.1 Å². The average molecular weight is 500 g/mol. The molecule has 7 nitrogen and oxygen atoms in total. The number of aliphatic hydroxyl groups excluding tert-OH is 1. The molecular weight excluding hydrogens is 458 g/mol. The highest BCUT2D eigenvalue weighted by Gasteiger charge is 2.37. The predicted molar refractivity (Wildman–Crippen MR) is 144 cm³/mol. The van der Waals surface area contributed by atoms with Gasteiger partial charge in [0.25, 0.3) is 0 Å². The Morgan fingerprint density at radius 3 is 2.46 bits per heavy atom. The maximum absolute atomic E-state index is 12.3. The molecule has 0 aliphatic heterocycles. The van der Waals surface area contributed by atoms with E-state index in [0.717, 1.165) is 51.0 Å². The number of aromatic nitrogens is 3. The van der Waals surface area contributed by atoms with E-state index >= 15 is 0 Å². The molecule has 192 valence electrons. The molecule has 0 aliphatic rings. The summed E-state index contributed by atoms with van der Waals surface area (Å²) in [4.78, 5) is 15.6. The van der Waals surface area contributed by atoms with Crippen molar-refractivity contribution in [3.05, 3.63) is 40.3 Å². The molecule has 2 heterocycles. The van der Waals surface area contributed by atoms with Gasteiger partial charge in [0.15, 0.2) is 8.32 Å². The van der Waals surface area contributed by atoms with Crippen LogP contribution in [0, 0.1) is 6.92 Å². The molecule has 0 amide bonds. The van der Waals surface area contributed by atoms with Gasteiger partial charge in [0.1, 0.15) is 5.69 Å². The van der Waals surface area contributed by atoms with Gasteiger partial charge in [0, 0.05) is 30.2 Å². The van der Waals surface area contributed by atoms with Gasteiger partial charge in [0.2, 0.25) is 0 Å². The van der Waals surface area contributed by atoms with Crippen LogP contribution >= 0.6 is 0 Å². The first-order chi connectivity index (χ1) is 16.2. The number of carboxylic acids is 1. The first kappa shape index (κ1) is 27.2. The zero-order valence-electron chi connectivity index (χ0n) is 22.7. The molecular formula is C27H41N3O4Si. The Labute approximate surface area is 209 Å². The fourth-order valence-corrected chi connectivity index (χ4v) is 5.64. The Hall–Kier alpha value is -2.42. The molecule has 0 aliphatic carbocycles. The van der Waals surface area contributed by atoms with Crippen LogP contribution in [0.3, 0.4) is 0 Å². The number of rotatable bonds is 9. The highest BCUT2D eigenvalue weighted by atomic mass is 28.4. The molecule has 1 atom stereocenters. The SMILES string of the molecule is CCc1nn(C)c(CO)c1-c1c(C)ccc2c(C(C)CCO[Si](C)(C)C(C)(C)C)c(C(=O)O)[nH]c12. The summed E-state index contributed by atoms with van der Waals surface area (Å²) >= 11 is 0. The van der Waals surface area contributed by atoms with E-state index in [4.69, 9.17) is 4.43 Å². The molecule has 35 heavy (non-hydrogen) atoms.